The van der Waals surface area contributed by atoms with E-state index in [1.54, 1.807) is 0 Å². The molecule has 2 nitrogen and oxygen atoms in total. The topological polar surface area (TPSA) is 15.3 Å². The molecule has 1 aliphatic rings. The second-order valence-corrected chi connectivity index (χ2v) is 5.17. The Labute approximate surface area is 95.4 Å². The molecule has 1 unspecified atom stereocenters. The molecule has 0 bridgehead atoms. The van der Waals surface area contributed by atoms with Crippen molar-refractivity contribution in [3.8, 4) is 0 Å². The molecule has 1 rings (SSSR count). The van der Waals surface area contributed by atoms with E-state index in [1.807, 2.05) is 0 Å². The zero-order chi connectivity index (χ0) is 11.1. The molecular weight excluding hydrogens is 184 g/mol. The van der Waals surface area contributed by atoms with E-state index in [1.165, 1.54) is 45.2 Å². The van der Waals surface area contributed by atoms with E-state index in [-0.39, 0.29) is 0 Å². The lowest BCUT2D eigenvalue weighted by Crippen LogP contribution is -2.39. The van der Waals surface area contributed by atoms with Gasteiger partial charge < -0.3 is 10.2 Å². The van der Waals surface area contributed by atoms with Crippen molar-refractivity contribution in [1.82, 2.24) is 10.2 Å². The predicted octanol–water partition coefficient (Wildman–Crippen LogP) is 2.50. The lowest BCUT2D eigenvalue weighted by molar-refractivity contribution is 0.283. The van der Waals surface area contributed by atoms with Gasteiger partial charge in [-0.2, -0.15) is 0 Å². The lowest BCUT2D eigenvalue weighted by Gasteiger charge is -2.26. The third-order valence-electron chi connectivity index (χ3n) is 3.61. The maximum absolute atomic E-state index is 3.68. The summed E-state index contributed by atoms with van der Waals surface area (Å²) in [6, 6.07) is 0.636. The van der Waals surface area contributed by atoms with Crippen LogP contribution in [-0.2, 0) is 0 Å². The molecule has 0 aliphatic heterocycles. The fourth-order valence-corrected chi connectivity index (χ4v) is 2.42. The van der Waals surface area contributed by atoms with Gasteiger partial charge >= 0.3 is 0 Å². The second-order valence-electron chi connectivity index (χ2n) is 5.17. The summed E-state index contributed by atoms with van der Waals surface area (Å²) in [4.78, 5) is 2.37. The van der Waals surface area contributed by atoms with Crippen molar-refractivity contribution >= 4 is 0 Å². The number of hydrogen-bond acceptors (Lipinski definition) is 2. The van der Waals surface area contributed by atoms with Crippen LogP contribution < -0.4 is 5.32 Å². The summed E-state index contributed by atoms with van der Waals surface area (Å²) >= 11 is 0. The molecule has 1 saturated carbocycles. The summed E-state index contributed by atoms with van der Waals surface area (Å²) in [5.74, 6) is 0.952. The van der Waals surface area contributed by atoms with Crippen LogP contribution in [0.2, 0.25) is 0 Å². The molecule has 2 heteroatoms. The standard InChI is InChI=1S/C13H28N2/c1-4-15(3)11-12(2)14-10-13-8-6-5-7-9-13/h12-14H,4-11H2,1-3H3. The van der Waals surface area contributed by atoms with Gasteiger partial charge in [0.25, 0.3) is 0 Å². The minimum absolute atomic E-state index is 0.636. The average Bonchev–Trinajstić information content (AvgIpc) is 2.27. The Kier molecular flexibility index (Phi) is 6.26. The summed E-state index contributed by atoms with van der Waals surface area (Å²) < 4.78 is 0. The molecule has 0 aromatic heterocycles. The first-order valence-electron chi connectivity index (χ1n) is 6.64. The Morgan fingerprint density at radius 1 is 1.27 bits per heavy atom. The number of nitrogens with zero attached hydrogens (tertiary/aromatic N) is 1. The first-order chi connectivity index (χ1) is 7.22. The normalized spacial score (nSPS) is 20.8. The van der Waals surface area contributed by atoms with E-state index in [0.717, 1.165) is 12.5 Å². The van der Waals surface area contributed by atoms with E-state index in [0.29, 0.717) is 6.04 Å². The molecule has 0 aromatic carbocycles. The van der Waals surface area contributed by atoms with Gasteiger partial charge in [-0.15, -0.1) is 0 Å². The molecule has 1 fully saturated rings. The Morgan fingerprint density at radius 2 is 1.93 bits per heavy atom. The maximum atomic E-state index is 3.68. The minimum Gasteiger partial charge on any atom is -0.313 e. The first-order valence-corrected chi connectivity index (χ1v) is 6.64. The fourth-order valence-electron chi connectivity index (χ4n) is 2.42. The molecule has 0 heterocycles. The predicted molar refractivity (Wildman–Crippen MR) is 67.2 cm³/mol. The van der Waals surface area contributed by atoms with E-state index in [4.69, 9.17) is 0 Å². The van der Waals surface area contributed by atoms with E-state index in [9.17, 15) is 0 Å². The van der Waals surface area contributed by atoms with Gasteiger partial charge in [-0.05, 0) is 45.8 Å². The highest BCUT2D eigenvalue weighted by Gasteiger charge is 2.14. The summed E-state index contributed by atoms with van der Waals surface area (Å²) in [5, 5.41) is 3.68. The highest BCUT2D eigenvalue weighted by molar-refractivity contribution is 4.71. The Balaban J connectivity index is 2.07. The van der Waals surface area contributed by atoms with Gasteiger partial charge in [-0.1, -0.05) is 26.2 Å². The van der Waals surface area contributed by atoms with E-state index < -0.39 is 0 Å². The van der Waals surface area contributed by atoms with Crippen LogP contribution in [0.1, 0.15) is 46.0 Å². The highest BCUT2D eigenvalue weighted by atomic mass is 15.1. The highest BCUT2D eigenvalue weighted by Crippen LogP contribution is 2.22. The Morgan fingerprint density at radius 3 is 2.53 bits per heavy atom. The van der Waals surface area contributed by atoms with Crippen LogP contribution in [0.4, 0.5) is 0 Å². The number of likely N-dealkylation sites (N-methyl/N-ethyl adjacent to an activating group) is 1. The summed E-state index contributed by atoms with van der Waals surface area (Å²) in [5.41, 5.74) is 0. The molecule has 0 radical (unpaired) electrons. The molecule has 0 saturated heterocycles. The summed E-state index contributed by atoms with van der Waals surface area (Å²) in [6.45, 7) is 8.07. The third-order valence-corrected chi connectivity index (χ3v) is 3.61. The Bertz CT molecular complexity index is 153. The second kappa shape index (κ2) is 7.24. The van der Waals surface area contributed by atoms with Crippen molar-refractivity contribution in [2.45, 2.75) is 52.0 Å². The molecule has 0 amide bonds. The minimum atomic E-state index is 0.636. The molecule has 1 N–H and O–H groups in total. The molecule has 1 atom stereocenters. The molecule has 0 spiro atoms. The number of nitrogens with one attached hydrogen (secondary N) is 1. The van der Waals surface area contributed by atoms with Crippen LogP contribution in [0.3, 0.4) is 0 Å². The zero-order valence-electron chi connectivity index (χ0n) is 10.8. The van der Waals surface area contributed by atoms with Crippen molar-refractivity contribution in [3.63, 3.8) is 0 Å². The van der Waals surface area contributed by atoms with Crippen molar-refractivity contribution in [2.75, 3.05) is 26.7 Å². The van der Waals surface area contributed by atoms with Crippen LogP contribution in [0.15, 0.2) is 0 Å². The molecule has 1 aliphatic carbocycles. The van der Waals surface area contributed by atoms with Gasteiger partial charge in [0.05, 0.1) is 0 Å². The van der Waals surface area contributed by atoms with Crippen LogP contribution in [-0.4, -0.2) is 37.6 Å². The smallest absolute Gasteiger partial charge is 0.0166 e. The average molecular weight is 212 g/mol. The van der Waals surface area contributed by atoms with Crippen molar-refractivity contribution in [2.24, 2.45) is 5.92 Å². The van der Waals surface area contributed by atoms with Gasteiger partial charge in [-0.3, -0.25) is 0 Å². The van der Waals surface area contributed by atoms with Gasteiger partial charge in [0.15, 0.2) is 0 Å². The summed E-state index contributed by atoms with van der Waals surface area (Å²) in [6.07, 6.45) is 7.27. The van der Waals surface area contributed by atoms with Crippen molar-refractivity contribution in [3.05, 3.63) is 0 Å². The van der Waals surface area contributed by atoms with Gasteiger partial charge in [0.2, 0.25) is 0 Å². The Hall–Kier alpha value is -0.0800. The fraction of sp³-hybridized carbons (Fsp3) is 1.00. The zero-order valence-corrected chi connectivity index (χ0v) is 10.8. The van der Waals surface area contributed by atoms with Gasteiger partial charge in [0.1, 0.15) is 0 Å². The third kappa shape index (κ3) is 5.53. The van der Waals surface area contributed by atoms with Crippen molar-refractivity contribution < 1.29 is 0 Å². The first kappa shape index (κ1) is 13.0. The molecular formula is C13H28N2. The largest absolute Gasteiger partial charge is 0.313 e. The molecule has 15 heavy (non-hydrogen) atoms. The maximum Gasteiger partial charge on any atom is 0.0166 e. The quantitative estimate of drug-likeness (QED) is 0.728. The lowest BCUT2D eigenvalue weighted by atomic mass is 9.89. The van der Waals surface area contributed by atoms with Crippen LogP contribution in [0.25, 0.3) is 0 Å². The number of hydrogen-bond donors (Lipinski definition) is 1. The van der Waals surface area contributed by atoms with Crippen LogP contribution in [0.5, 0.6) is 0 Å². The summed E-state index contributed by atoms with van der Waals surface area (Å²) in [7, 11) is 2.19. The van der Waals surface area contributed by atoms with Gasteiger partial charge in [-0.25, -0.2) is 0 Å². The molecule has 90 valence electrons. The SMILES string of the molecule is CCN(C)CC(C)NCC1CCCCC1. The molecule has 0 aromatic rings. The van der Waals surface area contributed by atoms with Crippen LogP contribution in [0, 0.1) is 5.92 Å². The van der Waals surface area contributed by atoms with Gasteiger partial charge in [0, 0.05) is 12.6 Å². The van der Waals surface area contributed by atoms with E-state index in [2.05, 4.69) is 31.1 Å². The van der Waals surface area contributed by atoms with E-state index >= 15 is 0 Å². The van der Waals surface area contributed by atoms with Crippen LogP contribution >= 0.6 is 0 Å². The van der Waals surface area contributed by atoms with Crippen molar-refractivity contribution in [1.29, 1.82) is 0 Å². The monoisotopic (exact) mass is 212 g/mol. The number of rotatable bonds is 6.